The Bertz CT molecular complexity index is 978. The van der Waals surface area contributed by atoms with Gasteiger partial charge in [-0.2, -0.15) is 0 Å². The second-order valence-electron chi connectivity index (χ2n) is 5.55. The average molecular weight is 390 g/mol. The Morgan fingerprint density at radius 1 is 1.08 bits per heavy atom. The van der Waals surface area contributed by atoms with Crippen LogP contribution in [-0.2, 0) is 0 Å². The molecule has 1 aliphatic carbocycles. The number of para-hydroxylation sites is 1. The van der Waals surface area contributed by atoms with Crippen molar-refractivity contribution in [1.29, 1.82) is 0 Å². The second kappa shape index (κ2) is 6.46. The van der Waals surface area contributed by atoms with Crippen LogP contribution in [0.4, 0.5) is 0 Å². The Morgan fingerprint density at radius 3 is 2.60 bits per heavy atom. The summed E-state index contributed by atoms with van der Waals surface area (Å²) in [6.07, 6.45) is 6.94. The third-order valence-corrected chi connectivity index (χ3v) is 6.32. The van der Waals surface area contributed by atoms with Gasteiger partial charge in [0.2, 0.25) is 0 Å². The van der Waals surface area contributed by atoms with Crippen LogP contribution in [0.15, 0.2) is 65.6 Å². The number of benzene rings is 2. The highest BCUT2D eigenvalue weighted by atomic mass is 35.5. The highest BCUT2D eigenvalue weighted by Crippen LogP contribution is 2.49. The van der Waals surface area contributed by atoms with Crippen LogP contribution in [-0.4, -0.2) is 15.2 Å². The van der Waals surface area contributed by atoms with Crippen molar-refractivity contribution in [1.82, 2.24) is 0 Å². The van der Waals surface area contributed by atoms with E-state index in [1.54, 1.807) is 36.4 Å². The Kier molecular flexibility index (Phi) is 4.29. The molecule has 2 atom stereocenters. The number of ketones is 1. The summed E-state index contributed by atoms with van der Waals surface area (Å²) in [5, 5.41) is 0.401. The number of fused-ring (bicyclic) bond motifs is 2. The summed E-state index contributed by atoms with van der Waals surface area (Å²) in [6, 6.07) is 10.4. The van der Waals surface area contributed by atoms with Gasteiger partial charge in [-0.15, -0.1) is 0 Å². The molecule has 3 nitrogen and oxygen atoms in total. The minimum Gasteiger partial charge on any atom is -0.799 e. The number of carbonyl (C=O) groups is 1. The minimum atomic E-state index is -1.55. The van der Waals surface area contributed by atoms with E-state index in [0.717, 1.165) is 0 Å². The quantitative estimate of drug-likeness (QED) is 0.622. The van der Waals surface area contributed by atoms with Gasteiger partial charge in [-0.3, -0.25) is 4.79 Å². The normalized spacial score (nSPS) is 21.1. The zero-order chi connectivity index (χ0) is 17.6. The molecular weight excluding hydrogens is 379 g/mol. The van der Waals surface area contributed by atoms with Gasteiger partial charge in [0.05, 0.1) is 21.5 Å². The molecule has 25 heavy (non-hydrogen) atoms. The number of ether oxygens (including phenoxy) is 1. The van der Waals surface area contributed by atoms with Crippen LogP contribution >= 0.6 is 34.0 Å². The molecule has 2 unspecified atom stereocenters. The molecule has 0 N–H and O–H groups in total. The molecular formula is C19H11Cl2O3S-. The van der Waals surface area contributed by atoms with Gasteiger partial charge in [0, 0.05) is 4.90 Å². The lowest BCUT2D eigenvalue weighted by atomic mass is 9.90. The molecule has 2 aromatic carbocycles. The molecule has 0 amide bonds. The van der Waals surface area contributed by atoms with E-state index in [2.05, 4.69) is 0 Å². The van der Waals surface area contributed by atoms with Crippen LogP contribution in [0.3, 0.4) is 0 Å². The van der Waals surface area contributed by atoms with Crippen LogP contribution < -0.4 is 4.74 Å². The summed E-state index contributed by atoms with van der Waals surface area (Å²) in [7, 11) is -1.55. The highest BCUT2D eigenvalue weighted by molar-refractivity contribution is 8.11. The average Bonchev–Trinajstić information content (AvgIpc) is 2.62. The van der Waals surface area contributed by atoms with Gasteiger partial charge in [-0.05, 0) is 23.1 Å². The smallest absolute Gasteiger partial charge is 0.179 e. The summed E-state index contributed by atoms with van der Waals surface area (Å²) >= 11 is 12.6. The van der Waals surface area contributed by atoms with E-state index in [-0.39, 0.29) is 32.0 Å². The predicted octanol–water partition coefficient (Wildman–Crippen LogP) is 5.65. The van der Waals surface area contributed by atoms with Crippen molar-refractivity contribution in [2.24, 2.45) is 5.92 Å². The highest BCUT2D eigenvalue weighted by Gasteiger charge is 2.34. The van der Waals surface area contributed by atoms with E-state index in [4.69, 9.17) is 27.9 Å². The van der Waals surface area contributed by atoms with Gasteiger partial charge in [0.1, 0.15) is 5.75 Å². The number of halogens is 2. The molecule has 0 fully saturated rings. The fraction of sp³-hybridized carbons (Fsp3) is 0.0526. The maximum atomic E-state index is 13.1. The topological polar surface area (TPSA) is 49.4 Å². The lowest BCUT2D eigenvalue weighted by Gasteiger charge is -2.33. The van der Waals surface area contributed by atoms with Crippen LogP contribution in [0.25, 0.3) is 0 Å². The summed E-state index contributed by atoms with van der Waals surface area (Å²) < 4.78 is 18.9. The van der Waals surface area contributed by atoms with Crippen molar-refractivity contribution in [2.75, 3.05) is 0 Å². The third-order valence-electron chi connectivity index (χ3n) is 4.01. The molecule has 0 bridgehead atoms. The van der Waals surface area contributed by atoms with Crippen molar-refractivity contribution in [3.63, 3.8) is 0 Å². The van der Waals surface area contributed by atoms with E-state index in [9.17, 15) is 9.35 Å². The van der Waals surface area contributed by atoms with Crippen molar-refractivity contribution in [3.8, 4) is 11.5 Å². The van der Waals surface area contributed by atoms with Crippen LogP contribution in [0.2, 0.25) is 10.0 Å². The fourth-order valence-corrected chi connectivity index (χ4v) is 5.07. The van der Waals surface area contributed by atoms with Crippen molar-refractivity contribution < 1.29 is 14.1 Å². The molecule has 1 heterocycles. The predicted molar refractivity (Wildman–Crippen MR) is 101 cm³/mol. The fourth-order valence-electron chi connectivity index (χ4n) is 2.89. The first kappa shape index (κ1) is 16.6. The number of allylic oxidation sites excluding steroid dienone is 4. The van der Waals surface area contributed by atoms with Crippen molar-refractivity contribution in [3.05, 3.63) is 76.3 Å². The number of carbonyl (C=O) groups excluding carboxylic acids is 1. The molecule has 0 radical (unpaired) electrons. The molecule has 2 aromatic rings. The van der Waals surface area contributed by atoms with Gasteiger partial charge in [0.15, 0.2) is 11.5 Å². The number of hydrogen-bond donors (Lipinski definition) is 0. The number of Topliss-reactive ketones (excluding diaryl/α,β-unsaturated/α-hetero) is 1. The Morgan fingerprint density at radius 2 is 1.84 bits per heavy atom. The summed E-state index contributed by atoms with van der Waals surface area (Å²) in [5.41, 5.74) is 0.188. The first-order valence-corrected chi connectivity index (χ1v) is 9.41. The third kappa shape index (κ3) is 2.75. The van der Waals surface area contributed by atoms with E-state index < -0.39 is 16.7 Å². The van der Waals surface area contributed by atoms with Gasteiger partial charge in [0.25, 0.3) is 0 Å². The summed E-state index contributed by atoms with van der Waals surface area (Å²) in [4.78, 5) is 13.9. The number of hydrogen-bond acceptors (Lipinski definition) is 3. The molecule has 126 valence electrons. The van der Waals surface area contributed by atoms with E-state index in [0.29, 0.717) is 10.6 Å². The molecule has 0 saturated heterocycles. The molecule has 0 aromatic heterocycles. The summed E-state index contributed by atoms with van der Waals surface area (Å²) in [6.45, 7) is 0. The second-order valence-corrected chi connectivity index (χ2v) is 7.78. The molecule has 2 aliphatic rings. The van der Waals surface area contributed by atoms with E-state index in [1.165, 1.54) is 6.07 Å². The van der Waals surface area contributed by atoms with Gasteiger partial charge in [-0.1, -0.05) is 65.7 Å². The Hall–Kier alpha value is -1.85. The van der Waals surface area contributed by atoms with Gasteiger partial charge >= 0.3 is 0 Å². The van der Waals surface area contributed by atoms with Crippen molar-refractivity contribution in [2.45, 2.75) is 4.90 Å². The van der Waals surface area contributed by atoms with Gasteiger partial charge < -0.3 is 9.29 Å². The largest absolute Gasteiger partial charge is 0.799 e. The van der Waals surface area contributed by atoms with Gasteiger partial charge in [-0.25, -0.2) is 10.8 Å². The maximum Gasteiger partial charge on any atom is 0.179 e. The lowest BCUT2D eigenvalue weighted by molar-refractivity contribution is 0.0966. The van der Waals surface area contributed by atoms with Crippen molar-refractivity contribution >= 4 is 44.6 Å². The van der Waals surface area contributed by atoms with Crippen LogP contribution in [0, 0.1) is 5.92 Å². The Labute approximate surface area is 157 Å². The first-order chi connectivity index (χ1) is 12.1. The zero-order valence-corrected chi connectivity index (χ0v) is 15.1. The maximum absolute atomic E-state index is 13.1. The zero-order valence-electron chi connectivity index (χ0n) is 12.7. The minimum absolute atomic E-state index is 0.188. The SMILES string of the molecule is O=C1c2c(Oc3ccccc3)c(Cl)cc(Cl)c2S([O-])=C2C=CC=CC12. The Balaban J connectivity index is 1.96. The monoisotopic (exact) mass is 389 g/mol. The molecule has 0 saturated carbocycles. The molecule has 1 aliphatic heterocycles. The number of rotatable bonds is 2. The standard InChI is InChI=1S/C19H11Cl2O3S/c20-13-10-14(21)19-16(18(13)24-11-6-2-1-3-7-11)17(22)12-8-4-5-9-15(12)25(19)23/h1-10,12H/q-1. The summed E-state index contributed by atoms with van der Waals surface area (Å²) in [5.74, 6) is -0.0968. The first-order valence-electron chi connectivity index (χ1n) is 7.50. The van der Waals surface area contributed by atoms with Crippen LogP contribution in [0.5, 0.6) is 11.5 Å². The molecule has 0 spiro atoms. The molecule has 4 rings (SSSR count). The molecule has 6 heteroatoms. The lowest BCUT2D eigenvalue weighted by Crippen LogP contribution is -2.27. The van der Waals surface area contributed by atoms with E-state index in [1.807, 2.05) is 18.2 Å². The van der Waals surface area contributed by atoms with Crippen LogP contribution in [0.1, 0.15) is 10.4 Å². The van der Waals surface area contributed by atoms with E-state index >= 15 is 0 Å².